The van der Waals surface area contributed by atoms with Gasteiger partial charge in [-0.2, -0.15) is 0 Å². The Kier molecular flexibility index (Phi) is 7.50. The molecule has 24 heavy (non-hydrogen) atoms. The molecule has 4 nitrogen and oxygen atoms in total. The molecule has 2 rings (SSSR count). The molecule has 1 aromatic carbocycles. The first-order valence-electron chi connectivity index (χ1n) is 9.12. The van der Waals surface area contributed by atoms with E-state index in [-0.39, 0.29) is 5.82 Å². The molecule has 1 saturated heterocycles. The lowest BCUT2D eigenvalue weighted by Crippen LogP contribution is -2.40. The van der Waals surface area contributed by atoms with Gasteiger partial charge in [-0.15, -0.1) is 0 Å². The number of aryl methyl sites for hydroxylation is 1. The molecule has 1 fully saturated rings. The number of hydrogen-bond acceptors (Lipinski definition) is 2. The minimum atomic E-state index is -0.161. The SMILES string of the molecule is CCCN1CCC(CNC(=NCc2ccc(F)c(C)c2)NCC)C1. The summed E-state index contributed by atoms with van der Waals surface area (Å²) in [6, 6.07) is 5.18. The normalized spacial score (nSPS) is 18.8. The zero-order valence-corrected chi connectivity index (χ0v) is 15.2. The average Bonchev–Trinajstić information content (AvgIpc) is 3.01. The van der Waals surface area contributed by atoms with Crippen molar-refractivity contribution in [2.75, 3.05) is 32.7 Å². The van der Waals surface area contributed by atoms with E-state index in [2.05, 4.69) is 34.4 Å². The van der Waals surface area contributed by atoms with Crippen LogP contribution in [0.4, 0.5) is 4.39 Å². The van der Waals surface area contributed by atoms with E-state index < -0.39 is 0 Å². The van der Waals surface area contributed by atoms with Crippen LogP contribution in [0, 0.1) is 18.7 Å². The maximum atomic E-state index is 13.3. The van der Waals surface area contributed by atoms with Gasteiger partial charge in [0.1, 0.15) is 5.82 Å². The third kappa shape index (κ3) is 5.78. The molecule has 0 amide bonds. The van der Waals surface area contributed by atoms with Crippen LogP contribution >= 0.6 is 0 Å². The standard InChI is InChI=1S/C19H31FN4/c1-4-9-24-10-8-17(14-24)13-23-19(21-5-2)22-12-16-6-7-18(20)15(3)11-16/h6-7,11,17H,4-5,8-10,12-14H2,1-3H3,(H2,21,22,23). The van der Waals surface area contributed by atoms with Gasteiger partial charge in [0.05, 0.1) is 6.54 Å². The summed E-state index contributed by atoms with van der Waals surface area (Å²) in [6.45, 7) is 12.0. The Labute approximate surface area is 145 Å². The molecule has 0 aromatic heterocycles. The molecule has 1 aliphatic rings. The molecule has 1 heterocycles. The number of guanidine groups is 1. The van der Waals surface area contributed by atoms with Crippen LogP contribution in [-0.4, -0.2) is 43.6 Å². The van der Waals surface area contributed by atoms with Gasteiger partial charge >= 0.3 is 0 Å². The third-order valence-corrected chi connectivity index (χ3v) is 4.45. The van der Waals surface area contributed by atoms with Crippen LogP contribution in [0.3, 0.4) is 0 Å². The van der Waals surface area contributed by atoms with Gasteiger partial charge < -0.3 is 15.5 Å². The van der Waals surface area contributed by atoms with Crippen molar-refractivity contribution in [1.82, 2.24) is 15.5 Å². The van der Waals surface area contributed by atoms with E-state index in [1.165, 1.54) is 38.5 Å². The molecule has 0 saturated carbocycles. The van der Waals surface area contributed by atoms with Crippen LogP contribution in [0.1, 0.15) is 37.8 Å². The minimum Gasteiger partial charge on any atom is -0.357 e. The Morgan fingerprint density at radius 2 is 2.17 bits per heavy atom. The molecule has 1 unspecified atom stereocenters. The predicted octanol–water partition coefficient (Wildman–Crippen LogP) is 2.92. The number of aliphatic imine (C=N–C) groups is 1. The van der Waals surface area contributed by atoms with E-state index in [9.17, 15) is 4.39 Å². The van der Waals surface area contributed by atoms with Crippen LogP contribution in [-0.2, 0) is 6.54 Å². The smallest absolute Gasteiger partial charge is 0.191 e. The molecule has 134 valence electrons. The zero-order valence-electron chi connectivity index (χ0n) is 15.2. The van der Waals surface area contributed by atoms with Gasteiger partial charge in [0, 0.05) is 19.6 Å². The quantitative estimate of drug-likeness (QED) is 0.595. The Balaban J connectivity index is 1.85. The lowest BCUT2D eigenvalue weighted by Gasteiger charge is -2.17. The lowest BCUT2D eigenvalue weighted by atomic mass is 10.1. The van der Waals surface area contributed by atoms with E-state index in [1.807, 2.05) is 6.07 Å². The van der Waals surface area contributed by atoms with Gasteiger partial charge in [0.25, 0.3) is 0 Å². The van der Waals surface area contributed by atoms with Crippen molar-refractivity contribution in [3.63, 3.8) is 0 Å². The van der Waals surface area contributed by atoms with E-state index in [1.54, 1.807) is 13.0 Å². The van der Waals surface area contributed by atoms with Crippen molar-refractivity contribution < 1.29 is 4.39 Å². The maximum Gasteiger partial charge on any atom is 0.191 e. The molecule has 0 spiro atoms. The summed E-state index contributed by atoms with van der Waals surface area (Å²) < 4.78 is 13.3. The maximum absolute atomic E-state index is 13.3. The second kappa shape index (κ2) is 9.62. The second-order valence-electron chi connectivity index (χ2n) is 6.61. The summed E-state index contributed by atoms with van der Waals surface area (Å²) >= 11 is 0. The van der Waals surface area contributed by atoms with Gasteiger partial charge in [-0.25, -0.2) is 9.38 Å². The number of nitrogens with zero attached hydrogens (tertiary/aromatic N) is 2. The molecular formula is C19H31FN4. The highest BCUT2D eigenvalue weighted by Gasteiger charge is 2.21. The van der Waals surface area contributed by atoms with Crippen LogP contribution in [0.5, 0.6) is 0 Å². The summed E-state index contributed by atoms with van der Waals surface area (Å²) in [4.78, 5) is 7.17. The predicted molar refractivity (Wildman–Crippen MR) is 98.8 cm³/mol. The summed E-state index contributed by atoms with van der Waals surface area (Å²) in [7, 11) is 0. The second-order valence-corrected chi connectivity index (χ2v) is 6.61. The summed E-state index contributed by atoms with van der Waals surface area (Å²) in [6.07, 6.45) is 2.48. The highest BCUT2D eigenvalue weighted by Crippen LogP contribution is 2.15. The Morgan fingerprint density at radius 3 is 2.88 bits per heavy atom. The summed E-state index contributed by atoms with van der Waals surface area (Å²) in [5.41, 5.74) is 1.70. The molecule has 1 atom stereocenters. The summed E-state index contributed by atoms with van der Waals surface area (Å²) in [5.74, 6) is 1.37. The monoisotopic (exact) mass is 334 g/mol. The van der Waals surface area contributed by atoms with Gasteiger partial charge in [-0.05, 0) is 62.9 Å². The van der Waals surface area contributed by atoms with E-state index in [0.29, 0.717) is 18.0 Å². The Bertz CT molecular complexity index is 544. The van der Waals surface area contributed by atoms with Gasteiger partial charge in [-0.3, -0.25) is 0 Å². The fourth-order valence-electron chi connectivity index (χ4n) is 3.16. The van der Waals surface area contributed by atoms with Crippen molar-refractivity contribution in [2.45, 2.75) is 40.2 Å². The molecular weight excluding hydrogens is 303 g/mol. The largest absolute Gasteiger partial charge is 0.357 e. The van der Waals surface area contributed by atoms with Crippen LogP contribution in [0.2, 0.25) is 0 Å². The van der Waals surface area contributed by atoms with E-state index >= 15 is 0 Å². The van der Waals surface area contributed by atoms with Crippen molar-refractivity contribution in [2.24, 2.45) is 10.9 Å². The highest BCUT2D eigenvalue weighted by molar-refractivity contribution is 5.79. The first-order chi connectivity index (χ1) is 11.6. The summed E-state index contributed by atoms with van der Waals surface area (Å²) in [5, 5.41) is 6.75. The molecule has 1 aliphatic heterocycles. The molecule has 0 aliphatic carbocycles. The Hall–Kier alpha value is -1.62. The van der Waals surface area contributed by atoms with E-state index in [0.717, 1.165) is 24.6 Å². The number of benzene rings is 1. The number of rotatable bonds is 7. The van der Waals surface area contributed by atoms with Gasteiger partial charge in [0.15, 0.2) is 5.96 Å². The fraction of sp³-hybridized carbons (Fsp3) is 0.632. The van der Waals surface area contributed by atoms with Crippen LogP contribution in [0.15, 0.2) is 23.2 Å². The molecule has 2 N–H and O–H groups in total. The van der Waals surface area contributed by atoms with Gasteiger partial charge in [0.2, 0.25) is 0 Å². The molecule has 5 heteroatoms. The van der Waals surface area contributed by atoms with Crippen LogP contribution < -0.4 is 10.6 Å². The van der Waals surface area contributed by atoms with E-state index in [4.69, 9.17) is 0 Å². The third-order valence-electron chi connectivity index (χ3n) is 4.45. The first kappa shape index (κ1) is 18.7. The van der Waals surface area contributed by atoms with Crippen molar-refractivity contribution in [3.05, 3.63) is 35.1 Å². The number of likely N-dealkylation sites (tertiary alicyclic amines) is 1. The molecule has 0 bridgehead atoms. The zero-order chi connectivity index (χ0) is 17.4. The lowest BCUT2D eigenvalue weighted by molar-refractivity contribution is 0.324. The van der Waals surface area contributed by atoms with Crippen molar-refractivity contribution >= 4 is 5.96 Å². The Morgan fingerprint density at radius 1 is 1.33 bits per heavy atom. The molecule has 0 radical (unpaired) electrons. The van der Waals surface area contributed by atoms with Crippen molar-refractivity contribution in [3.8, 4) is 0 Å². The van der Waals surface area contributed by atoms with Gasteiger partial charge in [-0.1, -0.05) is 19.1 Å². The first-order valence-corrected chi connectivity index (χ1v) is 9.12. The van der Waals surface area contributed by atoms with Crippen molar-refractivity contribution in [1.29, 1.82) is 0 Å². The topological polar surface area (TPSA) is 39.7 Å². The molecule has 1 aromatic rings. The van der Waals surface area contributed by atoms with Crippen LogP contribution in [0.25, 0.3) is 0 Å². The number of hydrogen-bond donors (Lipinski definition) is 2. The number of halogens is 1. The average molecular weight is 334 g/mol. The fourth-order valence-corrected chi connectivity index (χ4v) is 3.16. The minimum absolute atomic E-state index is 0.161. The highest BCUT2D eigenvalue weighted by atomic mass is 19.1. The number of nitrogens with one attached hydrogen (secondary N) is 2.